The summed E-state index contributed by atoms with van der Waals surface area (Å²) in [6, 6.07) is 15.6. The number of carbonyl (C=O) groups excluding carboxylic acids is 1. The van der Waals surface area contributed by atoms with E-state index in [1.807, 2.05) is 55.1 Å². The minimum atomic E-state index is -0.00441. The van der Waals surface area contributed by atoms with Crippen molar-refractivity contribution in [1.82, 2.24) is 5.16 Å². The number of hydrogen-bond acceptors (Lipinski definition) is 4. The minimum Gasteiger partial charge on any atom is -0.489 e. The van der Waals surface area contributed by atoms with Crippen molar-refractivity contribution in [2.45, 2.75) is 39.8 Å². The molecule has 0 saturated heterocycles. The van der Waals surface area contributed by atoms with Crippen LogP contribution in [0.25, 0.3) is 0 Å². The number of ether oxygens (including phenoxy) is 1. The largest absolute Gasteiger partial charge is 0.489 e. The molecule has 1 amide bonds. The highest BCUT2D eigenvalue weighted by atomic mass is 16.5. The van der Waals surface area contributed by atoms with Crippen LogP contribution >= 0.6 is 0 Å². The molecule has 0 spiro atoms. The van der Waals surface area contributed by atoms with Crippen molar-refractivity contribution in [3.05, 3.63) is 76.7 Å². The zero-order valence-electron chi connectivity index (χ0n) is 15.7. The van der Waals surface area contributed by atoms with Gasteiger partial charge in [0.05, 0.1) is 11.3 Å². The normalized spacial score (nSPS) is 15.7. The molecule has 0 N–H and O–H groups in total. The summed E-state index contributed by atoms with van der Waals surface area (Å²) in [7, 11) is 0. The van der Waals surface area contributed by atoms with E-state index in [1.165, 1.54) is 5.56 Å². The molecule has 1 unspecified atom stereocenters. The Bertz CT molecular complexity index is 973. The quantitative estimate of drug-likeness (QED) is 0.687. The molecule has 3 aromatic rings. The molecular weight excluding hydrogens is 340 g/mol. The highest BCUT2D eigenvalue weighted by molar-refractivity contribution is 6.08. The van der Waals surface area contributed by atoms with Crippen LogP contribution in [-0.4, -0.2) is 17.1 Å². The molecule has 2 aromatic carbocycles. The van der Waals surface area contributed by atoms with Crippen LogP contribution in [0.3, 0.4) is 0 Å². The third kappa shape index (κ3) is 3.21. The molecule has 5 heteroatoms. The van der Waals surface area contributed by atoms with Gasteiger partial charge in [-0.15, -0.1) is 0 Å². The lowest BCUT2D eigenvalue weighted by atomic mass is 10.1. The predicted molar refractivity (Wildman–Crippen MR) is 103 cm³/mol. The molecule has 0 saturated carbocycles. The van der Waals surface area contributed by atoms with E-state index in [0.717, 1.165) is 29.1 Å². The maximum atomic E-state index is 13.2. The summed E-state index contributed by atoms with van der Waals surface area (Å²) < 4.78 is 11.1. The number of nitrogens with zero attached hydrogens (tertiary/aromatic N) is 2. The Morgan fingerprint density at radius 2 is 2.04 bits per heavy atom. The van der Waals surface area contributed by atoms with E-state index < -0.39 is 0 Å². The Hall–Kier alpha value is -3.08. The second kappa shape index (κ2) is 6.91. The number of aryl methyl sites for hydroxylation is 2. The fraction of sp³-hybridized carbons (Fsp3) is 0.273. The predicted octanol–water partition coefficient (Wildman–Crippen LogP) is 4.46. The zero-order valence-corrected chi connectivity index (χ0v) is 15.7. The number of anilines is 1. The van der Waals surface area contributed by atoms with E-state index in [0.29, 0.717) is 17.9 Å². The first-order valence-corrected chi connectivity index (χ1v) is 9.10. The average Bonchev–Trinajstić information content (AvgIpc) is 3.18. The van der Waals surface area contributed by atoms with Gasteiger partial charge in [-0.25, -0.2) is 0 Å². The second-order valence-electron chi connectivity index (χ2n) is 6.98. The van der Waals surface area contributed by atoms with Gasteiger partial charge in [-0.3, -0.25) is 4.79 Å². The molecule has 138 valence electrons. The molecule has 1 aromatic heterocycles. The molecular formula is C22H22N2O3. The summed E-state index contributed by atoms with van der Waals surface area (Å²) in [6.07, 6.45) is 0.879. The van der Waals surface area contributed by atoms with E-state index >= 15 is 0 Å². The Kier molecular flexibility index (Phi) is 4.44. The number of fused-ring (bicyclic) bond motifs is 1. The molecule has 4 rings (SSSR count). The highest BCUT2D eigenvalue weighted by Crippen LogP contribution is 2.33. The Labute approximate surface area is 158 Å². The van der Waals surface area contributed by atoms with Crippen molar-refractivity contribution in [2.24, 2.45) is 0 Å². The Morgan fingerprint density at radius 1 is 1.22 bits per heavy atom. The number of benzene rings is 2. The van der Waals surface area contributed by atoms with Gasteiger partial charge in [0.2, 0.25) is 0 Å². The summed E-state index contributed by atoms with van der Waals surface area (Å²) in [4.78, 5) is 15.0. The number of aromatic nitrogens is 1. The first kappa shape index (κ1) is 17.3. The van der Waals surface area contributed by atoms with Crippen LogP contribution in [-0.2, 0) is 13.0 Å². The monoisotopic (exact) mass is 362 g/mol. The van der Waals surface area contributed by atoms with Crippen molar-refractivity contribution >= 4 is 11.6 Å². The lowest BCUT2D eigenvalue weighted by molar-refractivity contribution is 0.0981. The summed E-state index contributed by atoms with van der Waals surface area (Å²) in [5.74, 6) is 1.40. The van der Waals surface area contributed by atoms with Crippen LogP contribution in [0, 0.1) is 13.8 Å². The number of carbonyl (C=O) groups is 1. The van der Waals surface area contributed by atoms with Crippen LogP contribution in [0.15, 0.2) is 53.1 Å². The van der Waals surface area contributed by atoms with Crippen LogP contribution in [0.1, 0.15) is 39.9 Å². The van der Waals surface area contributed by atoms with Crippen molar-refractivity contribution in [3.8, 4) is 5.75 Å². The minimum absolute atomic E-state index is 0.00441. The van der Waals surface area contributed by atoms with Crippen molar-refractivity contribution < 1.29 is 14.1 Å². The molecule has 0 fully saturated rings. The van der Waals surface area contributed by atoms with E-state index in [2.05, 4.69) is 18.1 Å². The van der Waals surface area contributed by atoms with Gasteiger partial charge in [0.25, 0.3) is 5.91 Å². The number of hydrogen-bond donors (Lipinski definition) is 0. The van der Waals surface area contributed by atoms with Gasteiger partial charge in [-0.2, -0.15) is 0 Å². The average molecular weight is 362 g/mol. The smallest absolute Gasteiger partial charge is 0.258 e. The van der Waals surface area contributed by atoms with Gasteiger partial charge in [0.1, 0.15) is 18.1 Å². The van der Waals surface area contributed by atoms with Gasteiger partial charge < -0.3 is 14.2 Å². The fourth-order valence-electron chi connectivity index (χ4n) is 3.60. The standard InChI is InChI=1S/C22H22N2O3/c1-14-11-17-7-4-5-10-21(17)24(14)22(25)18-8-6-9-19(12-18)26-13-20-15(2)23-27-16(20)3/h4-10,12,14H,11,13H2,1-3H3. The van der Waals surface area contributed by atoms with E-state index in [1.54, 1.807) is 6.07 Å². The van der Waals surface area contributed by atoms with Gasteiger partial charge in [0.15, 0.2) is 0 Å². The third-order valence-electron chi connectivity index (χ3n) is 5.07. The number of amides is 1. The molecule has 27 heavy (non-hydrogen) atoms. The lowest BCUT2D eigenvalue weighted by Gasteiger charge is -2.23. The lowest BCUT2D eigenvalue weighted by Crippen LogP contribution is -2.35. The topological polar surface area (TPSA) is 55.6 Å². The molecule has 0 radical (unpaired) electrons. The fourth-order valence-corrected chi connectivity index (χ4v) is 3.60. The zero-order chi connectivity index (χ0) is 19.0. The number of rotatable bonds is 4. The van der Waals surface area contributed by atoms with Gasteiger partial charge >= 0.3 is 0 Å². The maximum Gasteiger partial charge on any atom is 0.258 e. The SMILES string of the molecule is Cc1noc(C)c1COc1cccc(C(=O)N2c3ccccc3CC2C)c1. The van der Waals surface area contributed by atoms with E-state index in [4.69, 9.17) is 9.26 Å². The molecule has 0 aliphatic carbocycles. The molecule has 1 aliphatic rings. The number of para-hydroxylation sites is 1. The van der Waals surface area contributed by atoms with Crippen LogP contribution in [0.2, 0.25) is 0 Å². The van der Waals surface area contributed by atoms with Gasteiger partial charge in [-0.1, -0.05) is 29.4 Å². The van der Waals surface area contributed by atoms with Crippen LogP contribution in [0.4, 0.5) is 5.69 Å². The van der Waals surface area contributed by atoms with Crippen LogP contribution < -0.4 is 9.64 Å². The van der Waals surface area contributed by atoms with Gasteiger partial charge in [0, 0.05) is 17.3 Å². The molecule has 0 bridgehead atoms. The molecule has 5 nitrogen and oxygen atoms in total. The second-order valence-corrected chi connectivity index (χ2v) is 6.98. The summed E-state index contributed by atoms with van der Waals surface area (Å²) in [6.45, 7) is 6.20. The Balaban J connectivity index is 1.55. The molecule has 2 heterocycles. The summed E-state index contributed by atoms with van der Waals surface area (Å²) in [5.41, 5.74) is 4.59. The van der Waals surface area contributed by atoms with Crippen LogP contribution in [0.5, 0.6) is 5.75 Å². The Morgan fingerprint density at radius 3 is 2.81 bits per heavy atom. The van der Waals surface area contributed by atoms with Gasteiger partial charge in [-0.05, 0) is 57.0 Å². The molecule has 1 atom stereocenters. The van der Waals surface area contributed by atoms with Crippen molar-refractivity contribution in [2.75, 3.05) is 4.90 Å². The summed E-state index contributed by atoms with van der Waals surface area (Å²) in [5, 5.41) is 3.94. The maximum absolute atomic E-state index is 13.2. The van der Waals surface area contributed by atoms with Crippen molar-refractivity contribution in [1.29, 1.82) is 0 Å². The highest BCUT2D eigenvalue weighted by Gasteiger charge is 2.31. The first-order chi connectivity index (χ1) is 13.0. The first-order valence-electron chi connectivity index (χ1n) is 9.10. The van der Waals surface area contributed by atoms with E-state index in [-0.39, 0.29) is 11.9 Å². The van der Waals surface area contributed by atoms with Crippen molar-refractivity contribution in [3.63, 3.8) is 0 Å². The van der Waals surface area contributed by atoms with E-state index in [9.17, 15) is 4.79 Å². The third-order valence-corrected chi connectivity index (χ3v) is 5.07. The summed E-state index contributed by atoms with van der Waals surface area (Å²) >= 11 is 0. The molecule has 1 aliphatic heterocycles.